The molecular formula is C24H22N2O5S. The van der Waals surface area contributed by atoms with Crippen LogP contribution < -0.4 is 14.2 Å². The average Bonchev–Trinajstić information content (AvgIpc) is 2.83. The lowest BCUT2D eigenvalue weighted by Crippen LogP contribution is -2.35. The molecule has 3 aromatic rings. The van der Waals surface area contributed by atoms with Gasteiger partial charge in [-0.3, -0.25) is 9.52 Å². The summed E-state index contributed by atoms with van der Waals surface area (Å²) in [7, 11) is -3.81. The van der Waals surface area contributed by atoms with E-state index in [1.54, 1.807) is 30.3 Å². The molecule has 3 aromatic carbocycles. The number of anilines is 1. The second kappa shape index (κ2) is 8.20. The Morgan fingerprint density at radius 1 is 0.875 bits per heavy atom. The predicted molar refractivity (Wildman–Crippen MR) is 120 cm³/mol. The fraction of sp³-hybridized carbons (Fsp3) is 0.208. The molecule has 0 unspecified atom stereocenters. The van der Waals surface area contributed by atoms with Crippen LogP contribution in [-0.2, 0) is 23.0 Å². The molecule has 0 spiro atoms. The van der Waals surface area contributed by atoms with E-state index in [1.807, 2.05) is 23.1 Å². The van der Waals surface area contributed by atoms with Crippen molar-refractivity contribution in [2.24, 2.45) is 0 Å². The summed E-state index contributed by atoms with van der Waals surface area (Å²) in [6.07, 6.45) is 0.829. The Kier molecular flexibility index (Phi) is 5.22. The van der Waals surface area contributed by atoms with Crippen LogP contribution in [-0.4, -0.2) is 39.0 Å². The normalized spacial score (nSPS) is 15.1. The smallest absolute Gasteiger partial charge is 0.262 e. The van der Waals surface area contributed by atoms with Crippen LogP contribution in [0, 0.1) is 0 Å². The summed E-state index contributed by atoms with van der Waals surface area (Å²) in [5.41, 5.74) is 3.34. The summed E-state index contributed by atoms with van der Waals surface area (Å²) in [4.78, 5) is 14.8. The predicted octanol–water partition coefficient (Wildman–Crippen LogP) is 3.46. The highest BCUT2D eigenvalue weighted by Crippen LogP contribution is 2.32. The Hall–Kier alpha value is -3.52. The zero-order valence-electron chi connectivity index (χ0n) is 17.3. The van der Waals surface area contributed by atoms with E-state index in [4.69, 9.17) is 9.47 Å². The molecule has 1 N–H and O–H groups in total. The fourth-order valence-corrected chi connectivity index (χ4v) is 5.01. The maximum atomic E-state index is 12.9. The number of amides is 1. The van der Waals surface area contributed by atoms with E-state index in [0.29, 0.717) is 49.1 Å². The second-order valence-electron chi connectivity index (χ2n) is 7.73. The van der Waals surface area contributed by atoms with Crippen molar-refractivity contribution in [1.29, 1.82) is 0 Å². The van der Waals surface area contributed by atoms with Gasteiger partial charge in [-0.25, -0.2) is 8.42 Å². The number of hydrogen-bond donors (Lipinski definition) is 1. The van der Waals surface area contributed by atoms with Crippen molar-refractivity contribution in [2.75, 3.05) is 24.5 Å². The Morgan fingerprint density at radius 3 is 2.38 bits per heavy atom. The highest BCUT2D eigenvalue weighted by atomic mass is 32.2. The van der Waals surface area contributed by atoms with Gasteiger partial charge >= 0.3 is 0 Å². The summed E-state index contributed by atoms with van der Waals surface area (Å²) in [5.74, 6) is 0.863. The molecule has 8 heteroatoms. The minimum absolute atomic E-state index is 0.0688. The van der Waals surface area contributed by atoms with E-state index < -0.39 is 10.0 Å². The van der Waals surface area contributed by atoms with Crippen molar-refractivity contribution in [2.45, 2.75) is 17.9 Å². The third-order valence-corrected chi connectivity index (χ3v) is 7.00. The first kappa shape index (κ1) is 20.4. The van der Waals surface area contributed by atoms with Gasteiger partial charge in [-0.15, -0.1) is 0 Å². The Bertz CT molecular complexity index is 1270. The molecule has 5 rings (SSSR count). The summed E-state index contributed by atoms with van der Waals surface area (Å²) in [5, 5.41) is 0. The molecule has 164 valence electrons. The highest BCUT2D eigenvalue weighted by molar-refractivity contribution is 7.92. The van der Waals surface area contributed by atoms with Gasteiger partial charge in [0.1, 0.15) is 13.2 Å². The van der Waals surface area contributed by atoms with E-state index in [9.17, 15) is 13.2 Å². The number of sulfonamides is 1. The van der Waals surface area contributed by atoms with E-state index in [0.717, 1.165) is 12.0 Å². The van der Waals surface area contributed by atoms with Crippen molar-refractivity contribution < 1.29 is 22.7 Å². The van der Waals surface area contributed by atoms with E-state index in [-0.39, 0.29) is 10.8 Å². The molecule has 0 fully saturated rings. The molecule has 0 bridgehead atoms. The number of carbonyl (C=O) groups excluding carboxylic acids is 1. The SMILES string of the molecule is O=C(c1ccc(NS(=O)(=O)c2ccc3c(c2)OCCO3)cc1)N1CCc2ccccc2C1. The quantitative estimate of drug-likeness (QED) is 0.658. The maximum Gasteiger partial charge on any atom is 0.262 e. The lowest BCUT2D eigenvalue weighted by atomic mass is 9.99. The number of rotatable bonds is 4. The van der Waals surface area contributed by atoms with Gasteiger partial charge in [0.25, 0.3) is 15.9 Å². The minimum atomic E-state index is -3.81. The molecule has 0 atom stereocenters. The lowest BCUT2D eigenvalue weighted by Gasteiger charge is -2.29. The van der Waals surface area contributed by atoms with Gasteiger partial charge in [-0.1, -0.05) is 24.3 Å². The fourth-order valence-electron chi connectivity index (χ4n) is 3.94. The van der Waals surface area contributed by atoms with Gasteiger partial charge in [0.15, 0.2) is 11.5 Å². The van der Waals surface area contributed by atoms with Crippen LogP contribution >= 0.6 is 0 Å². The average molecular weight is 451 g/mol. The van der Waals surface area contributed by atoms with Crippen LogP contribution in [0.5, 0.6) is 11.5 Å². The van der Waals surface area contributed by atoms with Gasteiger partial charge in [0.2, 0.25) is 0 Å². The van der Waals surface area contributed by atoms with Gasteiger partial charge in [-0.05, 0) is 53.9 Å². The number of nitrogens with zero attached hydrogens (tertiary/aromatic N) is 1. The number of ether oxygens (including phenoxy) is 2. The second-order valence-corrected chi connectivity index (χ2v) is 9.42. The molecule has 7 nitrogen and oxygen atoms in total. The summed E-state index contributed by atoms with van der Waals surface area (Å²) >= 11 is 0. The zero-order chi connectivity index (χ0) is 22.1. The number of hydrogen-bond acceptors (Lipinski definition) is 5. The van der Waals surface area contributed by atoms with Crippen molar-refractivity contribution in [3.05, 3.63) is 83.4 Å². The van der Waals surface area contributed by atoms with Gasteiger partial charge < -0.3 is 14.4 Å². The molecule has 1 amide bonds. The summed E-state index contributed by atoms with van der Waals surface area (Å²) in [6.45, 7) is 2.05. The minimum Gasteiger partial charge on any atom is -0.486 e. The van der Waals surface area contributed by atoms with Gasteiger partial charge in [-0.2, -0.15) is 0 Å². The topological polar surface area (TPSA) is 84.9 Å². The molecular weight excluding hydrogens is 428 g/mol. The van der Waals surface area contributed by atoms with Crippen LogP contribution in [0.1, 0.15) is 21.5 Å². The van der Waals surface area contributed by atoms with E-state index in [1.165, 1.54) is 17.7 Å². The van der Waals surface area contributed by atoms with Gasteiger partial charge in [0.05, 0.1) is 4.90 Å². The first-order valence-corrected chi connectivity index (χ1v) is 11.9. The van der Waals surface area contributed by atoms with E-state index >= 15 is 0 Å². The van der Waals surface area contributed by atoms with Crippen molar-refractivity contribution in [1.82, 2.24) is 4.90 Å². The molecule has 2 aliphatic heterocycles. The molecule has 0 aliphatic carbocycles. The van der Waals surface area contributed by atoms with Crippen LogP contribution in [0.4, 0.5) is 5.69 Å². The van der Waals surface area contributed by atoms with Crippen molar-refractivity contribution >= 4 is 21.6 Å². The van der Waals surface area contributed by atoms with Crippen LogP contribution in [0.3, 0.4) is 0 Å². The first-order valence-electron chi connectivity index (χ1n) is 10.4. The van der Waals surface area contributed by atoms with Gasteiger partial charge in [0, 0.05) is 30.4 Å². The largest absolute Gasteiger partial charge is 0.486 e. The summed E-state index contributed by atoms with van der Waals surface area (Å²) in [6, 6.07) is 19.1. The lowest BCUT2D eigenvalue weighted by molar-refractivity contribution is 0.0734. The Morgan fingerprint density at radius 2 is 1.59 bits per heavy atom. The Labute approximate surface area is 186 Å². The van der Waals surface area contributed by atoms with Crippen molar-refractivity contribution in [3.63, 3.8) is 0 Å². The number of fused-ring (bicyclic) bond motifs is 2. The number of carbonyl (C=O) groups is 1. The zero-order valence-corrected chi connectivity index (χ0v) is 18.1. The maximum absolute atomic E-state index is 12.9. The van der Waals surface area contributed by atoms with E-state index in [2.05, 4.69) is 10.8 Å². The van der Waals surface area contributed by atoms with Crippen molar-refractivity contribution in [3.8, 4) is 11.5 Å². The third-order valence-electron chi connectivity index (χ3n) is 5.63. The molecule has 0 saturated heterocycles. The number of benzene rings is 3. The number of nitrogens with one attached hydrogen (secondary N) is 1. The van der Waals surface area contributed by atoms with Crippen LogP contribution in [0.2, 0.25) is 0 Å². The Balaban J connectivity index is 1.29. The summed E-state index contributed by atoms with van der Waals surface area (Å²) < 4.78 is 39.0. The van der Waals surface area contributed by atoms with Crippen LogP contribution in [0.25, 0.3) is 0 Å². The molecule has 32 heavy (non-hydrogen) atoms. The standard InChI is InChI=1S/C24H22N2O5S/c27-24(26-12-11-17-3-1-2-4-19(17)16-26)18-5-7-20(8-6-18)25-32(28,29)21-9-10-22-23(15-21)31-14-13-30-22/h1-10,15,25H,11-14,16H2. The monoisotopic (exact) mass is 450 g/mol. The molecule has 0 saturated carbocycles. The molecule has 2 heterocycles. The first-order chi connectivity index (χ1) is 15.5. The highest BCUT2D eigenvalue weighted by Gasteiger charge is 2.22. The van der Waals surface area contributed by atoms with Crippen LogP contribution in [0.15, 0.2) is 71.6 Å². The molecule has 0 aromatic heterocycles. The molecule has 2 aliphatic rings. The molecule has 0 radical (unpaired) electrons. The third kappa shape index (κ3) is 4.01.